The molecular formula is C14H17N3O3. The molecule has 0 radical (unpaired) electrons. The van der Waals surface area contributed by atoms with Crippen LogP contribution in [0.3, 0.4) is 0 Å². The van der Waals surface area contributed by atoms with Crippen LogP contribution in [0.1, 0.15) is 31.0 Å². The second kappa shape index (κ2) is 5.81. The number of nitrogens with zero attached hydrogens (tertiary/aromatic N) is 2. The molecular weight excluding hydrogens is 258 g/mol. The number of amides is 4. The molecule has 0 bridgehead atoms. The minimum Gasteiger partial charge on any atom is -0.277 e. The second-order valence-corrected chi connectivity index (χ2v) is 4.87. The van der Waals surface area contributed by atoms with Gasteiger partial charge in [-0.3, -0.25) is 24.8 Å². The average Bonchev–Trinajstić information content (AvgIpc) is 2.41. The van der Waals surface area contributed by atoms with E-state index in [1.807, 2.05) is 26.0 Å². The van der Waals surface area contributed by atoms with Crippen molar-refractivity contribution in [2.45, 2.75) is 33.2 Å². The highest BCUT2D eigenvalue weighted by Gasteiger charge is 2.39. The molecule has 2 rings (SSSR count). The van der Waals surface area contributed by atoms with E-state index >= 15 is 0 Å². The molecule has 1 atom stereocenters. The lowest BCUT2D eigenvalue weighted by Gasteiger charge is -2.30. The number of nitrogens with one attached hydrogen (secondary N) is 1. The van der Waals surface area contributed by atoms with Gasteiger partial charge in [0.25, 0.3) is 0 Å². The molecule has 106 valence electrons. The third-order valence-corrected chi connectivity index (χ3v) is 3.25. The number of aryl methyl sites for hydroxylation is 1. The molecule has 2 heterocycles. The largest absolute Gasteiger partial charge is 0.331 e. The van der Waals surface area contributed by atoms with Crippen LogP contribution < -0.4 is 5.32 Å². The van der Waals surface area contributed by atoms with Gasteiger partial charge in [0.1, 0.15) is 5.92 Å². The first-order chi connectivity index (χ1) is 9.52. The number of carbonyl (C=O) groups excluding carboxylic acids is 3. The summed E-state index contributed by atoms with van der Waals surface area (Å²) >= 11 is 0. The van der Waals surface area contributed by atoms with E-state index in [-0.39, 0.29) is 6.54 Å². The van der Waals surface area contributed by atoms with Crippen molar-refractivity contribution in [3.05, 3.63) is 29.6 Å². The predicted octanol–water partition coefficient (Wildman–Crippen LogP) is 1.38. The van der Waals surface area contributed by atoms with Crippen molar-refractivity contribution in [1.29, 1.82) is 0 Å². The monoisotopic (exact) mass is 275 g/mol. The van der Waals surface area contributed by atoms with Crippen molar-refractivity contribution < 1.29 is 14.4 Å². The fraction of sp³-hybridized carbons (Fsp3) is 0.429. The van der Waals surface area contributed by atoms with Crippen molar-refractivity contribution in [2.75, 3.05) is 0 Å². The van der Waals surface area contributed by atoms with Crippen LogP contribution in [0.25, 0.3) is 0 Å². The van der Waals surface area contributed by atoms with Gasteiger partial charge in [-0.1, -0.05) is 19.4 Å². The Labute approximate surface area is 117 Å². The van der Waals surface area contributed by atoms with E-state index in [1.54, 1.807) is 6.20 Å². The highest BCUT2D eigenvalue weighted by atomic mass is 16.2. The number of rotatable bonds is 4. The average molecular weight is 275 g/mol. The Balaban J connectivity index is 2.16. The van der Waals surface area contributed by atoms with Gasteiger partial charge in [0.15, 0.2) is 0 Å². The van der Waals surface area contributed by atoms with Crippen LogP contribution in [0.15, 0.2) is 18.3 Å². The summed E-state index contributed by atoms with van der Waals surface area (Å²) < 4.78 is 0. The Hall–Kier alpha value is -2.24. The molecule has 1 unspecified atom stereocenters. The van der Waals surface area contributed by atoms with Crippen LogP contribution in [-0.2, 0) is 16.1 Å². The maximum Gasteiger partial charge on any atom is 0.331 e. The minimum atomic E-state index is -0.767. The fourth-order valence-electron chi connectivity index (χ4n) is 2.13. The summed E-state index contributed by atoms with van der Waals surface area (Å²) in [6.45, 7) is 3.88. The number of aromatic nitrogens is 1. The Kier molecular flexibility index (Phi) is 4.12. The van der Waals surface area contributed by atoms with E-state index in [4.69, 9.17) is 0 Å². The molecule has 1 saturated heterocycles. The molecule has 1 aliphatic heterocycles. The number of urea groups is 1. The van der Waals surface area contributed by atoms with Gasteiger partial charge < -0.3 is 0 Å². The Morgan fingerprint density at radius 1 is 1.30 bits per heavy atom. The number of hydrogen-bond acceptors (Lipinski definition) is 4. The van der Waals surface area contributed by atoms with E-state index in [1.165, 1.54) is 0 Å². The third kappa shape index (κ3) is 2.84. The van der Waals surface area contributed by atoms with E-state index in [0.29, 0.717) is 12.8 Å². The number of barbiturate groups is 1. The van der Waals surface area contributed by atoms with Crippen LogP contribution >= 0.6 is 0 Å². The van der Waals surface area contributed by atoms with E-state index in [2.05, 4.69) is 10.3 Å². The summed E-state index contributed by atoms with van der Waals surface area (Å²) in [5.41, 5.74) is 1.62. The predicted molar refractivity (Wildman–Crippen MR) is 71.5 cm³/mol. The molecule has 1 aromatic rings. The summed E-state index contributed by atoms with van der Waals surface area (Å²) in [5, 5.41) is 2.23. The van der Waals surface area contributed by atoms with E-state index in [9.17, 15) is 14.4 Å². The van der Waals surface area contributed by atoms with E-state index < -0.39 is 23.8 Å². The topological polar surface area (TPSA) is 79.4 Å². The normalized spacial score (nSPS) is 19.2. The van der Waals surface area contributed by atoms with Crippen LogP contribution in [0.4, 0.5) is 4.79 Å². The van der Waals surface area contributed by atoms with Crippen molar-refractivity contribution in [3.63, 3.8) is 0 Å². The van der Waals surface area contributed by atoms with Crippen LogP contribution in [0.2, 0.25) is 0 Å². The van der Waals surface area contributed by atoms with Crippen LogP contribution in [0, 0.1) is 12.8 Å². The first kappa shape index (κ1) is 14.2. The van der Waals surface area contributed by atoms with Gasteiger partial charge in [-0.2, -0.15) is 0 Å². The SMILES string of the molecule is CCCC1C(=O)NC(=O)N(Cc2ccc(C)nc2)C1=O. The summed E-state index contributed by atoms with van der Waals surface area (Å²) in [7, 11) is 0. The molecule has 6 nitrogen and oxygen atoms in total. The molecule has 1 aromatic heterocycles. The molecule has 1 aliphatic rings. The molecule has 0 aromatic carbocycles. The zero-order chi connectivity index (χ0) is 14.7. The van der Waals surface area contributed by atoms with Gasteiger partial charge in [0.05, 0.1) is 6.54 Å². The summed E-state index contributed by atoms with van der Waals surface area (Å²) in [4.78, 5) is 40.9. The Morgan fingerprint density at radius 3 is 2.65 bits per heavy atom. The van der Waals surface area contributed by atoms with Crippen LogP contribution in [0.5, 0.6) is 0 Å². The van der Waals surface area contributed by atoms with Gasteiger partial charge in [-0.05, 0) is 25.0 Å². The van der Waals surface area contributed by atoms with Gasteiger partial charge in [0, 0.05) is 11.9 Å². The fourth-order valence-corrected chi connectivity index (χ4v) is 2.13. The van der Waals surface area contributed by atoms with Gasteiger partial charge in [-0.25, -0.2) is 4.79 Å². The zero-order valence-corrected chi connectivity index (χ0v) is 11.5. The number of pyridine rings is 1. The Bertz CT molecular complexity index is 539. The summed E-state index contributed by atoms with van der Waals surface area (Å²) in [6, 6.07) is 2.97. The van der Waals surface area contributed by atoms with Gasteiger partial charge in [-0.15, -0.1) is 0 Å². The Morgan fingerprint density at radius 2 is 2.05 bits per heavy atom. The lowest BCUT2D eigenvalue weighted by molar-refractivity contribution is -0.143. The van der Waals surface area contributed by atoms with Crippen molar-refractivity contribution in [1.82, 2.24) is 15.2 Å². The highest BCUT2D eigenvalue weighted by molar-refractivity contribution is 6.16. The second-order valence-electron chi connectivity index (χ2n) is 4.87. The lowest BCUT2D eigenvalue weighted by Crippen LogP contribution is -2.57. The number of imide groups is 2. The maximum atomic E-state index is 12.2. The number of hydrogen-bond donors (Lipinski definition) is 1. The molecule has 4 amide bonds. The summed E-state index contributed by atoms with van der Waals surface area (Å²) in [6.07, 6.45) is 2.78. The third-order valence-electron chi connectivity index (χ3n) is 3.25. The molecule has 20 heavy (non-hydrogen) atoms. The minimum absolute atomic E-state index is 0.130. The van der Waals surface area contributed by atoms with Gasteiger partial charge in [0.2, 0.25) is 11.8 Å². The standard InChI is InChI=1S/C14H17N3O3/c1-3-4-11-12(18)16-14(20)17(13(11)19)8-10-6-5-9(2)15-7-10/h5-7,11H,3-4,8H2,1-2H3,(H,16,18,20). The molecule has 6 heteroatoms. The quantitative estimate of drug-likeness (QED) is 0.842. The molecule has 0 saturated carbocycles. The molecule has 0 aliphatic carbocycles. The highest BCUT2D eigenvalue weighted by Crippen LogP contribution is 2.18. The van der Waals surface area contributed by atoms with Gasteiger partial charge >= 0.3 is 6.03 Å². The zero-order valence-electron chi connectivity index (χ0n) is 11.5. The van der Waals surface area contributed by atoms with Crippen molar-refractivity contribution >= 4 is 17.8 Å². The van der Waals surface area contributed by atoms with Crippen molar-refractivity contribution in [3.8, 4) is 0 Å². The summed E-state index contributed by atoms with van der Waals surface area (Å²) in [5.74, 6) is -1.70. The lowest BCUT2D eigenvalue weighted by atomic mass is 9.99. The maximum absolute atomic E-state index is 12.2. The van der Waals surface area contributed by atoms with Crippen molar-refractivity contribution in [2.24, 2.45) is 5.92 Å². The van der Waals surface area contributed by atoms with Crippen LogP contribution in [-0.4, -0.2) is 27.7 Å². The molecule has 1 N–H and O–H groups in total. The van der Waals surface area contributed by atoms with E-state index in [0.717, 1.165) is 16.2 Å². The smallest absolute Gasteiger partial charge is 0.277 e. The first-order valence-electron chi connectivity index (χ1n) is 6.60. The molecule has 0 spiro atoms. The molecule has 1 fully saturated rings. The number of carbonyl (C=O) groups is 3. The first-order valence-corrected chi connectivity index (χ1v) is 6.60.